The largest absolute Gasteiger partial charge is 0.462 e. The minimum absolute atomic E-state index is 0.0610. The third-order valence-corrected chi connectivity index (χ3v) is 5.65. The molecule has 148 valence electrons. The molecule has 0 saturated carbocycles. The molecule has 2 N–H and O–H groups in total. The van der Waals surface area contributed by atoms with Crippen LogP contribution in [0.2, 0.25) is 0 Å². The Morgan fingerprint density at radius 3 is 2.82 bits per heavy atom. The van der Waals surface area contributed by atoms with E-state index in [1.54, 1.807) is 13.0 Å². The van der Waals surface area contributed by atoms with Gasteiger partial charge in [0.1, 0.15) is 5.00 Å². The summed E-state index contributed by atoms with van der Waals surface area (Å²) in [5.41, 5.74) is 1.80. The van der Waals surface area contributed by atoms with Crippen LogP contribution in [0.1, 0.15) is 40.6 Å². The van der Waals surface area contributed by atoms with Crippen molar-refractivity contribution in [1.29, 1.82) is 0 Å². The van der Waals surface area contributed by atoms with Gasteiger partial charge in [-0.25, -0.2) is 4.79 Å². The molecule has 0 unspecified atom stereocenters. The van der Waals surface area contributed by atoms with Crippen LogP contribution in [0, 0.1) is 10.1 Å². The first-order valence-electron chi connectivity index (χ1n) is 9.09. The number of benzene rings is 1. The standard InChI is InChI=1S/C19H21N3O5S/c1-2-27-19(24)17-14-8-3-4-9-15(14)28-18(17)20-11-16(23)21-12-6-5-7-13(10-12)22(25)26/h5-7,10,20H,2-4,8-9,11H2,1H3,(H,21,23). The van der Waals surface area contributed by atoms with E-state index < -0.39 is 4.92 Å². The molecule has 2 aromatic rings. The fraction of sp³-hybridized carbons (Fsp3) is 0.368. The Morgan fingerprint density at radius 2 is 2.07 bits per heavy atom. The molecule has 28 heavy (non-hydrogen) atoms. The minimum atomic E-state index is -0.518. The third-order valence-electron chi connectivity index (χ3n) is 4.40. The first-order chi connectivity index (χ1) is 13.5. The second kappa shape index (κ2) is 8.83. The lowest BCUT2D eigenvalue weighted by Crippen LogP contribution is -2.22. The number of non-ortho nitro benzene ring substituents is 1. The number of fused-ring (bicyclic) bond motifs is 1. The monoisotopic (exact) mass is 403 g/mol. The average molecular weight is 403 g/mol. The summed E-state index contributed by atoms with van der Waals surface area (Å²) in [5.74, 6) is -0.731. The van der Waals surface area contributed by atoms with Crippen molar-refractivity contribution in [2.75, 3.05) is 23.8 Å². The Bertz CT molecular complexity index is 909. The summed E-state index contributed by atoms with van der Waals surface area (Å²) in [4.78, 5) is 36.2. The number of carbonyl (C=O) groups is 2. The number of nitro groups is 1. The van der Waals surface area contributed by atoms with E-state index in [1.807, 2.05) is 0 Å². The smallest absolute Gasteiger partial charge is 0.341 e. The molecule has 1 aromatic carbocycles. The van der Waals surface area contributed by atoms with Gasteiger partial charge >= 0.3 is 5.97 Å². The Kier molecular flexibility index (Phi) is 6.25. The first-order valence-corrected chi connectivity index (χ1v) is 9.91. The molecule has 3 rings (SSSR count). The second-order valence-corrected chi connectivity index (χ2v) is 7.45. The van der Waals surface area contributed by atoms with E-state index in [1.165, 1.54) is 29.5 Å². The van der Waals surface area contributed by atoms with Crippen molar-refractivity contribution in [2.45, 2.75) is 32.6 Å². The molecule has 8 nitrogen and oxygen atoms in total. The lowest BCUT2D eigenvalue weighted by atomic mass is 9.95. The zero-order chi connectivity index (χ0) is 20.1. The molecule has 0 atom stereocenters. The van der Waals surface area contributed by atoms with Crippen LogP contribution in [0.15, 0.2) is 24.3 Å². The molecule has 0 spiro atoms. The van der Waals surface area contributed by atoms with Gasteiger partial charge in [-0.15, -0.1) is 11.3 Å². The summed E-state index contributed by atoms with van der Waals surface area (Å²) in [7, 11) is 0. The predicted octanol–water partition coefficient (Wildman–Crippen LogP) is 3.76. The molecule has 0 bridgehead atoms. The van der Waals surface area contributed by atoms with Gasteiger partial charge in [0.15, 0.2) is 0 Å². The van der Waals surface area contributed by atoms with Crippen LogP contribution < -0.4 is 10.6 Å². The van der Waals surface area contributed by atoms with Crippen LogP contribution in [0.3, 0.4) is 0 Å². The lowest BCUT2D eigenvalue weighted by molar-refractivity contribution is -0.384. The van der Waals surface area contributed by atoms with E-state index in [0.717, 1.165) is 36.1 Å². The van der Waals surface area contributed by atoms with Crippen LogP contribution in [0.5, 0.6) is 0 Å². The predicted molar refractivity (Wildman–Crippen MR) is 107 cm³/mol. The number of nitrogens with zero attached hydrogens (tertiary/aromatic N) is 1. The Balaban J connectivity index is 1.71. The van der Waals surface area contributed by atoms with Gasteiger partial charge in [0.05, 0.1) is 23.6 Å². The van der Waals surface area contributed by atoms with Crippen LogP contribution >= 0.6 is 11.3 Å². The number of hydrogen-bond donors (Lipinski definition) is 2. The van der Waals surface area contributed by atoms with Gasteiger partial charge in [0.2, 0.25) is 5.91 Å². The minimum Gasteiger partial charge on any atom is -0.462 e. The molecule has 1 aromatic heterocycles. The van der Waals surface area contributed by atoms with Crippen LogP contribution in [-0.2, 0) is 22.4 Å². The van der Waals surface area contributed by atoms with E-state index in [-0.39, 0.29) is 30.7 Å². The van der Waals surface area contributed by atoms with Crippen molar-refractivity contribution in [2.24, 2.45) is 0 Å². The SMILES string of the molecule is CCOC(=O)c1c(NCC(=O)Nc2cccc([N+](=O)[O-])c2)sc2c1CCCC2. The number of aryl methyl sites for hydroxylation is 1. The highest BCUT2D eigenvalue weighted by Gasteiger charge is 2.26. The van der Waals surface area contributed by atoms with E-state index in [9.17, 15) is 19.7 Å². The van der Waals surface area contributed by atoms with Crippen molar-refractivity contribution in [3.05, 3.63) is 50.4 Å². The Labute approximate surface area is 166 Å². The van der Waals surface area contributed by atoms with Crippen LogP contribution in [0.25, 0.3) is 0 Å². The van der Waals surface area contributed by atoms with Crippen LogP contribution in [-0.4, -0.2) is 30.0 Å². The summed E-state index contributed by atoms with van der Waals surface area (Å²) in [5, 5.41) is 17.1. The normalized spacial score (nSPS) is 12.8. The van der Waals surface area contributed by atoms with Gasteiger partial charge in [-0.05, 0) is 44.2 Å². The highest BCUT2D eigenvalue weighted by Crippen LogP contribution is 2.38. The molecule has 0 radical (unpaired) electrons. The summed E-state index contributed by atoms with van der Waals surface area (Å²) >= 11 is 1.49. The molecule has 9 heteroatoms. The summed E-state index contributed by atoms with van der Waals surface area (Å²) in [6, 6.07) is 5.74. The molecule has 1 aliphatic carbocycles. The molecule has 0 saturated heterocycles. The van der Waals surface area contributed by atoms with Crippen molar-refractivity contribution in [3.8, 4) is 0 Å². The Hall–Kier alpha value is -2.94. The van der Waals surface area contributed by atoms with E-state index in [2.05, 4.69) is 10.6 Å². The molecule has 1 amide bonds. The number of thiophene rings is 1. The summed E-state index contributed by atoms with van der Waals surface area (Å²) in [6.07, 6.45) is 3.88. The number of anilines is 2. The molecular formula is C19H21N3O5S. The maximum atomic E-state index is 12.4. The molecule has 1 aliphatic rings. The number of rotatable bonds is 7. The topological polar surface area (TPSA) is 111 Å². The Morgan fingerprint density at radius 1 is 1.29 bits per heavy atom. The van der Waals surface area contributed by atoms with Gasteiger partial charge < -0.3 is 15.4 Å². The molecule has 0 aliphatic heterocycles. The van der Waals surface area contributed by atoms with Gasteiger partial charge in [-0.3, -0.25) is 14.9 Å². The van der Waals surface area contributed by atoms with Crippen LogP contribution in [0.4, 0.5) is 16.4 Å². The number of esters is 1. The van der Waals surface area contributed by atoms with Gasteiger partial charge in [0.25, 0.3) is 5.69 Å². The molecule has 0 fully saturated rings. The third kappa shape index (κ3) is 4.48. The summed E-state index contributed by atoms with van der Waals surface area (Å²) in [6.45, 7) is 1.99. The maximum Gasteiger partial charge on any atom is 0.341 e. The highest BCUT2D eigenvalue weighted by atomic mass is 32.1. The zero-order valence-electron chi connectivity index (χ0n) is 15.4. The maximum absolute atomic E-state index is 12.4. The lowest BCUT2D eigenvalue weighted by Gasteiger charge is -2.12. The molecule has 1 heterocycles. The number of ether oxygens (including phenoxy) is 1. The van der Waals surface area contributed by atoms with Gasteiger partial charge in [0, 0.05) is 22.7 Å². The number of hydrogen-bond acceptors (Lipinski definition) is 7. The van der Waals surface area contributed by atoms with Crippen molar-refractivity contribution >= 4 is 39.6 Å². The number of amides is 1. The fourth-order valence-corrected chi connectivity index (χ4v) is 4.45. The van der Waals surface area contributed by atoms with Gasteiger partial charge in [-0.1, -0.05) is 6.07 Å². The molecular weight excluding hydrogens is 382 g/mol. The number of carbonyl (C=O) groups excluding carboxylic acids is 2. The average Bonchev–Trinajstić information content (AvgIpc) is 3.05. The van der Waals surface area contributed by atoms with E-state index >= 15 is 0 Å². The zero-order valence-corrected chi connectivity index (χ0v) is 16.3. The van der Waals surface area contributed by atoms with Crippen molar-refractivity contribution in [1.82, 2.24) is 0 Å². The number of nitro benzene ring substituents is 1. The second-order valence-electron chi connectivity index (χ2n) is 6.34. The quantitative estimate of drug-likeness (QED) is 0.414. The number of nitrogens with one attached hydrogen (secondary N) is 2. The van der Waals surface area contributed by atoms with E-state index in [4.69, 9.17) is 4.74 Å². The fourth-order valence-electron chi connectivity index (χ4n) is 3.17. The summed E-state index contributed by atoms with van der Waals surface area (Å²) < 4.78 is 5.19. The van der Waals surface area contributed by atoms with E-state index in [0.29, 0.717) is 16.3 Å². The van der Waals surface area contributed by atoms with Crippen molar-refractivity contribution in [3.63, 3.8) is 0 Å². The van der Waals surface area contributed by atoms with Crippen molar-refractivity contribution < 1.29 is 19.2 Å². The highest BCUT2D eigenvalue weighted by molar-refractivity contribution is 7.16. The van der Waals surface area contributed by atoms with Gasteiger partial charge in [-0.2, -0.15) is 0 Å². The first kappa shape index (κ1) is 19.8.